The van der Waals surface area contributed by atoms with E-state index in [-0.39, 0.29) is 6.10 Å². The van der Waals surface area contributed by atoms with Crippen molar-refractivity contribution in [2.45, 2.75) is 45.1 Å². The maximum atomic E-state index is 9.11. The van der Waals surface area contributed by atoms with Gasteiger partial charge < -0.3 is 5.11 Å². The van der Waals surface area contributed by atoms with Gasteiger partial charge in [0.2, 0.25) is 0 Å². The lowest BCUT2D eigenvalue weighted by atomic mass is 10.1. The molecule has 1 N–H and O–H groups in total. The predicted octanol–water partition coefficient (Wildman–Crippen LogP) is 1.95. The zero-order valence-corrected chi connectivity index (χ0v) is 6.64. The van der Waals surface area contributed by atoms with Gasteiger partial charge in [-0.05, 0) is 25.7 Å². The van der Waals surface area contributed by atoms with Crippen LogP contribution in [0.2, 0.25) is 0 Å². The smallest absolute Gasteiger partial charge is 0.0537 e. The summed E-state index contributed by atoms with van der Waals surface area (Å²) in [5.41, 5.74) is 0. The molecule has 0 aromatic rings. The van der Waals surface area contributed by atoms with Gasteiger partial charge >= 0.3 is 0 Å². The second kappa shape index (κ2) is 6.64. The van der Waals surface area contributed by atoms with Gasteiger partial charge in [-0.2, -0.15) is 0 Å². The maximum Gasteiger partial charge on any atom is 0.0537 e. The molecule has 0 unspecified atom stereocenters. The third-order valence-corrected chi connectivity index (χ3v) is 1.58. The lowest BCUT2D eigenvalue weighted by Crippen LogP contribution is -2.02. The van der Waals surface area contributed by atoms with Crippen molar-refractivity contribution in [2.75, 3.05) is 0 Å². The molecular formula is C9H16O. The van der Waals surface area contributed by atoms with Crippen molar-refractivity contribution in [1.82, 2.24) is 0 Å². The summed E-state index contributed by atoms with van der Waals surface area (Å²) in [6, 6.07) is 0. The average molecular weight is 140 g/mol. The van der Waals surface area contributed by atoms with Gasteiger partial charge in [0.15, 0.2) is 0 Å². The molecule has 0 aromatic carbocycles. The molecule has 0 fully saturated rings. The molecule has 0 rings (SSSR count). The van der Waals surface area contributed by atoms with Crippen molar-refractivity contribution in [3.05, 3.63) is 0 Å². The van der Waals surface area contributed by atoms with Gasteiger partial charge in [0.25, 0.3) is 0 Å². The number of aliphatic hydroxyl groups is 1. The first-order valence-electron chi connectivity index (χ1n) is 3.92. The van der Waals surface area contributed by atoms with E-state index in [0.717, 1.165) is 32.1 Å². The molecule has 0 bridgehead atoms. The Morgan fingerprint density at radius 1 is 1.50 bits per heavy atom. The van der Waals surface area contributed by atoms with Crippen LogP contribution in [0.5, 0.6) is 0 Å². The Balaban J connectivity index is 2.98. The first kappa shape index (κ1) is 9.52. The van der Waals surface area contributed by atoms with Crippen LogP contribution in [-0.2, 0) is 0 Å². The van der Waals surface area contributed by atoms with Crippen molar-refractivity contribution >= 4 is 0 Å². The highest BCUT2D eigenvalue weighted by Gasteiger charge is 1.97. The average Bonchev–Trinajstić information content (AvgIpc) is 1.98. The number of rotatable bonds is 5. The fourth-order valence-electron chi connectivity index (χ4n) is 0.811. The summed E-state index contributed by atoms with van der Waals surface area (Å²) >= 11 is 0. The van der Waals surface area contributed by atoms with Gasteiger partial charge in [0.1, 0.15) is 0 Å². The van der Waals surface area contributed by atoms with Crippen LogP contribution in [0.25, 0.3) is 0 Å². The number of aliphatic hydroxyl groups excluding tert-OH is 1. The fraction of sp³-hybridized carbons (Fsp3) is 0.778. The van der Waals surface area contributed by atoms with Crippen LogP contribution in [0.4, 0.5) is 0 Å². The highest BCUT2D eigenvalue weighted by molar-refractivity contribution is 4.82. The molecule has 0 saturated heterocycles. The molecule has 0 aliphatic rings. The molecule has 0 aromatic heterocycles. The molecule has 1 nitrogen and oxygen atoms in total. The van der Waals surface area contributed by atoms with E-state index in [2.05, 4.69) is 5.92 Å². The minimum Gasteiger partial charge on any atom is -0.393 e. The Hall–Kier alpha value is -0.480. The molecule has 0 radical (unpaired) electrons. The van der Waals surface area contributed by atoms with Gasteiger partial charge in [-0.3, -0.25) is 0 Å². The number of unbranched alkanes of at least 4 members (excludes halogenated alkanes) is 2. The summed E-state index contributed by atoms with van der Waals surface area (Å²) in [5, 5.41) is 9.11. The maximum absolute atomic E-state index is 9.11. The van der Waals surface area contributed by atoms with E-state index < -0.39 is 0 Å². The highest BCUT2D eigenvalue weighted by atomic mass is 16.3. The minimum atomic E-state index is -0.113. The van der Waals surface area contributed by atoms with Crippen LogP contribution >= 0.6 is 0 Å². The first-order valence-corrected chi connectivity index (χ1v) is 3.92. The monoisotopic (exact) mass is 140 g/mol. The molecule has 1 atom stereocenters. The molecule has 0 aliphatic heterocycles. The molecule has 10 heavy (non-hydrogen) atoms. The van der Waals surface area contributed by atoms with E-state index >= 15 is 0 Å². The van der Waals surface area contributed by atoms with Gasteiger partial charge in [0, 0.05) is 6.42 Å². The lowest BCUT2D eigenvalue weighted by Gasteiger charge is -2.04. The van der Waals surface area contributed by atoms with Gasteiger partial charge in [-0.15, -0.1) is 12.3 Å². The largest absolute Gasteiger partial charge is 0.393 e. The molecule has 0 amide bonds. The van der Waals surface area contributed by atoms with Crippen LogP contribution in [0.15, 0.2) is 0 Å². The van der Waals surface area contributed by atoms with E-state index in [1.54, 1.807) is 0 Å². The van der Waals surface area contributed by atoms with Crippen LogP contribution < -0.4 is 0 Å². The number of terminal acetylenes is 1. The van der Waals surface area contributed by atoms with Crippen molar-refractivity contribution < 1.29 is 5.11 Å². The Morgan fingerprint density at radius 2 is 2.20 bits per heavy atom. The van der Waals surface area contributed by atoms with Gasteiger partial charge in [-0.1, -0.05) is 6.92 Å². The quantitative estimate of drug-likeness (QED) is 0.457. The second-order valence-electron chi connectivity index (χ2n) is 2.51. The van der Waals surface area contributed by atoms with Gasteiger partial charge in [-0.25, -0.2) is 0 Å². The zero-order chi connectivity index (χ0) is 7.82. The van der Waals surface area contributed by atoms with Crippen molar-refractivity contribution in [2.24, 2.45) is 0 Å². The topological polar surface area (TPSA) is 20.2 Å². The fourth-order valence-corrected chi connectivity index (χ4v) is 0.811. The second-order valence-corrected chi connectivity index (χ2v) is 2.51. The van der Waals surface area contributed by atoms with Crippen molar-refractivity contribution in [3.8, 4) is 12.3 Å². The Labute approximate surface area is 63.5 Å². The van der Waals surface area contributed by atoms with Crippen LogP contribution in [-0.4, -0.2) is 11.2 Å². The third kappa shape index (κ3) is 5.65. The van der Waals surface area contributed by atoms with E-state index in [4.69, 9.17) is 11.5 Å². The van der Waals surface area contributed by atoms with Gasteiger partial charge in [0.05, 0.1) is 6.10 Å². The Morgan fingerprint density at radius 3 is 2.70 bits per heavy atom. The SMILES string of the molecule is C#CCCCC[C@H](O)CC. The highest BCUT2D eigenvalue weighted by Crippen LogP contribution is 2.04. The lowest BCUT2D eigenvalue weighted by molar-refractivity contribution is 0.157. The molecule has 0 saturated carbocycles. The molecule has 58 valence electrons. The van der Waals surface area contributed by atoms with E-state index in [0.29, 0.717) is 0 Å². The van der Waals surface area contributed by atoms with E-state index in [1.807, 2.05) is 6.92 Å². The molecule has 0 spiro atoms. The summed E-state index contributed by atoms with van der Waals surface area (Å²) in [6.45, 7) is 1.99. The normalized spacial score (nSPS) is 12.5. The van der Waals surface area contributed by atoms with Crippen molar-refractivity contribution in [3.63, 3.8) is 0 Å². The minimum absolute atomic E-state index is 0.113. The predicted molar refractivity (Wildman–Crippen MR) is 43.6 cm³/mol. The first-order chi connectivity index (χ1) is 4.81. The van der Waals surface area contributed by atoms with Crippen LogP contribution in [0, 0.1) is 12.3 Å². The molecule has 0 aliphatic carbocycles. The summed E-state index contributed by atoms with van der Waals surface area (Å²) < 4.78 is 0. The summed E-state index contributed by atoms with van der Waals surface area (Å²) in [5.74, 6) is 2.58. The number of hydrogen-bond donors (Lipinski definition) is 1. The van der Waals surface area contributed by atoms with Crippen LogP contribution in [0.3, 0.4) is 0 Å². The summed E-state index contributed by atoms with van der Waals surface area (Å²) in [4.78, 5) is 0. The third-order valence-electron chi connectivity index (χ3n) is 1.58. The van der Waals surface area contributed by atoms with Crippen LogP contribution in [0.1, 0.15) is 39.0 Å². The summed E-state index contributed by atoms with van der Waals surface area (Å²) in [7, 11) is 0. The molecule has 1 heteroatoms. The van der Waals surface area contributed by atoms with E-state index in [1.165, 1.54) is 0 Å². The Bertz CT molecular complexity index is 102. The Kier molecular flexibility index (Phi) is 6.32. The zero-order valence-electron chi connectivity index (χ0n) is 6.64. The standard InChI is InChI=1S/C9H16O/c1-3-5-6-7-8-9(10)4-2/h1,9-10H,4-8H2,2H3/t9-/m1/s1. The number of hydrogen-bond acceptors (Lipinski definition) is 1. The molecular weight excluding hydrogens is 124 g/mol. The van der Waals surface area contributed by atoms with E-state index in [9.17, 15) is 0 Å². The van der Waals surface area contributed by atoms with Crippen molar-refractivity contribution in [1.29, 1.82) is 0 Å². The molecule has 0 heterocycles. The summed E-state index contributed by atoms with van der Waals surface area (Å²) in [6.07, 6.45) is 9.66.